The molecule has 0 spiro atoms. The van der Waals surface area contributed by atoms with Gasteiger partial charge < -0.3 is 10.3 Å². The van der Waals surface area contributed by atoms with Gasteiger partial charge in [0.15, 0.2) is 0 Å². The maximum absolute atomic E-state index is 5.79. The first kappa shape index (κ1) is 10.7. The number of fused-ring (bicyclic) bond motifs is 1. The average Bonchev–Trinajstić information content (AvgIpc) is 2.59. The summed E-state index contributed by atoms with van der Waals surface area (Å²) >= 11 is 0. The van der Waals surface area contributed by atoms with Crippen LogP contribution in [0.1, 0.15) is 51.2 Å². The molecule has 1 aromatic heterocycles. The predicted molar refractivity (Wildman–Crippen MR) is 62.0 cm³/mol. The molecule has 2 N–H and O–H groups in total. The zero-order valence-electron chi connectivity index (χ0n) is 9.95. The number of hydrogen-bond donors (Lipinski definition) is 1. The first-order valence-corrected chi connectivity index (χ1v) is 5.80. The number of aromatic nitrogens is 2. The van der Waals surface area contributed by atoms with Gasteiger partial charge in [0.25, 0.3) is 0 Å². The van der Waals surface area contributed by atoms with Crippen LogP contribution in [0.15, 0.2) is 6.20 Å². The highest BCUT2D eigenvalue weighted by Crippen LogP contribution is 2.28. The monoisotopic (exact) mass is 207 g/mol. The molecule has 0 aliphatic carbocycles. The zero-order valence-corrected chi connectivity index (χ0v) is 9.95. The molecule has 1 unspecified atom stereocenters. The summed E-state index contributed by atoms with van der Waals surface area (Å²) in [4.78, 5) is 4.73. The van der Waals surface area contributed by atoms with E-state index in [0.29, 0.717) is 6.04 Å². The van der Waals surface area contributed by atoms with Crippen molar-refractivity contribution in [1.82, 2.24) is 9.55 Å². The Morgan fingerprint density at radius 1 is 1.53 bits per heavy atom. The van der Waals surface area contributed by atoms with Crippen molar-refractivity contribution < 1.29 is 0 Å². The van der Waals surface area contributed by atoms with Crippen molar-refractivity contribution >= 4 is 0 Å². The molecule has 0 bridgehead atoms. The summed E-state index contributed by atoms with van der Waals surface area (Å²) in [5, 5.41) is 0. The lowest BCUT2D eigenvalue weighted by Gasteiger charge is -2.23. The molecule has 1 aliphatic heterocycles. The summed E-state index contributed by atoms with van der Waals surface area (Å²) in [7, 11) is 0. The standard InChI is InChI=1S/C12H21N3/c1-12(2,3)10-8-15-9(7-13)5-4-6-11(15)14-10/h8-9H,4-7,13H2,1-3H3. The van der Waals surface area contributed by atoms with Crippen LogP contribution in [0.4, 0.5) is 0 Å². The van der Waals surface area contributed by atoms with Gasteiger partial charge in [-0.1, -0.05) is 20.8 Å². The van der Waals surface area contributed by atoms with Crippen LogP contribution in [0.5, 0.6) is 0 Å². The molecule has 0 saturated heterocycles. The van der Waals surface area contributed by atoms with Crippen molar-refractivity contribution in [1.29, 1.82) is 0 Å². The molecule has 0 fully saturated rings. The molecular weight excluding hydrogens is 186 g/mol. The lowest BCUT2D eigenvalue weighted by atomic mass is 9.93. The molecule has 0 saturated carbocycles. The molecule has 1 aromatic rings. The van der Waals surface area contributed by atoms with E-state index in [1.807, 2.05) is 0 Å². The van der Waals surface area contributed by atoms with Crippen LogP contribution in [-0.2, 0) is 11.8 Å². The van der Waals surface area contributed by atoms with Gasteiger partial charge in [-0.15, -0.1) is 0 Å². The summed E-state index contributed by atoms with van der Waals surface area (Å²) in [5.41, 5.74) is 7.12. The van der Waals surface area contributed by atoms with Gasteiger partial charge in [0.1, 0.15) is 5.82 Å². The van der Waals surface area contributed by atoms with Gasteiger partial charge in [-0.05, 0) is 12.8 Å². The minimum absolute atomic E-state index is 0.142. The van der Waals surface area contributed by atoms with Crippen LogP contribution < -0.4 is 5.73 Å². The quantitative estimate of drug-likeness (QED) is 0.765. The molecule has 0 amide bonds. The highest BCUT2D eigenvalue weighted by atomic mass is 15.1. The normalized spacial score (nSPS) is 21.5. The van der Waals surface area contributed by atoms with E-state index in [0.717, 1.165) is 13.0 Å². The zero-order chi connectivity index (χ0) is 11.1. The van der Waals surface area contributed by atoms with E-state index in [1.165, 1.54) is 24.4 Å². The van der Waals surface area contributed by atoms with Gasteiger partial charge in [-0.25, -0.2) is 4.98 Å². The predicted octanol–water partition coefficient (Wildman–Crippen LogP) is 2.02. The van der Waals surface area contributed by atoms with Gasteiger partial charge in [0.2, 0.25) is 0 Å². The molecule has 1 atom stereocenters. The number of nitrogens with two attached hydrogens (primary N) is 1. The highest BCUT2D eigenvalue weighted by molar-refractivity contribution is 5.15. The molecule has 15 heavy (non-hydrogen) atoms. The van der Waals surface area contributed by atoms with Crippen LogP contribution in [0, 0.1) is 0 Å². The summed E-state index contributed by atoms with van der Waals surface area (Å²) < 4.78 is 2.30. The number of rotatable bonds is 1. The molecular formula is C12H21N3. The molecule has 84 valence electrons. The first-order chi connectivity index (χ1) is 7.02. The van der Waals surface area contributed by atoms with Gasteiger partial charge in [0.05, 0.1) is 5.69 Å². The molecule has 2 rings (SSSR count). The van der Waals surface area contributed by atoms with Crippen LogP contribution in [0.3, 0.4) is 0 Å². The number of nitrogens with zero attached hydrogens (tertiary/aromatic N) is 2. The SMILES string of the molecule is CC(C)(C)c1cn2c(n1)CCCC2CN. The summed E-state index contributed by atoms with van der Waals surface area (Å²) in [5.74, 6) is 1.22. The van der Waals surface area contributed by atoms with E-state index in [9.17, 15) is 0 Å². The lowest BCUT2D eigenvalue weighted by Crippen LogP contribution is -2.24. The molecule has 3 heteroatoms. The molecule has 0 aromatic carbocycles. The first-order valence-electron chi connectivity index (χ1n) is 5.80. The third-order valence-corrected chi connectivity index (χ3v) is 3.18. The van der Waals surface area contributed by atoms with E-state index in [2.05, 4.69) is 31.5 Å². The molecule has 2 heterocycles. The lowest BCUT2D eigenvalue weighted by molar-refractivity contribution is 0.404. The van der Waals surface area contributed by atoms with E-state index in [4.69, 9.17) is 10.7 Å². The average molecular weight is 207 g/mol. The van der Waals surface area contributed by atoms with Crippen LogP contribution in [0.2, 0.25) is 0 Å². The Kier molecular flexibility index (Phi) is 2.59. The minimum atomic E-state index is 0.142. The van der Waals surface area contributed by atoms with Gasteiger partial charge in [-0.2, -0.15) is 0 Å². The maximum Gasteiger partial charge on any atom is 0.109 e. The topological polar surface area (TPSA) is 43.8 Å². The Bertz CT molecular complexity index is 346. The van der Waals surface area contributed by atoms with E-state index in [-0.39, 0.29) is 5.41 Å². The number of hydrogen-bond acceptors (Lipinski definition) is 2. The van der Waals surface area contributed by atoms with Crippen LogP contribution in [0.25, 0.3) is 0 Å². The fraction of sp³-hybridized carbons (Fsp3) is 0.750. The Labute approximate surface area is 91.7 Å². The van der Waals surface area contributed by atoms with Crippen molar-refractivity contribution in [2.75, 3.05) is 6.54 Å². The smallest absolute Gasteiger partial charge is 0.109 e. The van der Waals surface area contributed by atoms with Crippen molar-refractivity contribution in [2.24, 2.45) is 5.73 Å². The fourth-order valence-electron chi connectivity index (χ4n) is 2.16. The second-order valence-electron chi connectivity index (χ2n) is 5.48. The third kappa shape index (κ3) is 1.93. The summed E-state index contributed by atoms with van der Waals surface area (Å²) in [6.45, 7) is 7.35. The van der Waals surface area contributed by atoms with Crippen LogP contribution in [-0.4, -0.2) is 16.1 Å². The van der Waals surface area contributed by atoms with Gasteiger partial charge >= 0.3 is 0 Å². The van der Waals surface area contributed by atoms with Crippen LogP contribution >= 0.6 is 0 Å². The van der Waals surface area contributed by atoms with Crippen molar-refractivity contribution in [3.63, 3.8) is 0 Å². The number of aryl methyl sites for hydroxylation is 1. The Balaban J connectivity index is 2.37. The third-order valence-electron chi connectivity index (χ3n) is 3.18. The van der Waals surface area contributed by atoms with Crippen molar-refractivity contribution in [2.45, 2.75) is 51.5 Å². The van der Waals surface area contributed by atoms with Crippen molar-refractivity contribution in [3.8, 4) is 0 Å². The maximum atomic E-state index is 5.79. The minimum Gasteiger partial charge on any atom is -0.330 e. The Morgan fingerprint density at radius 2 is 2.27 bits per heavy atom. The Hall–Kier alpha value is -0.830. The second kappa shape index (κ2) is 3.63. The van der Waals surface area contributed by atoms with Gasteiger partial charge in [0, 0.05) is 30.6 Å². The molecule has 0 radical (unpaired) electrons. The summed E-state index contributed by atoms with van der Waals surface area (Å²) in [6, 6.07) is 0.470. The van der Waals surface area contributed by atoms with E-state index >= 15 is 0 Å². The van der Waals surface area contributed by atoms with E-state index in [1.54, 1.807) is 0 Å². The second-order valence-corrected chi connectivity index (χ2v) is 5.48. The number of imidazole rings is 1. The molecule has 1 aliphatic rings. The highest BCUT2D eigenvalue weighted by Gasteiger charge is 2.24. The largest absolute Gasteiger partial charge is 0.330 e. The summed E-state index contributed by atoms with van der Waals surface area (Å²) in [6.07, 6.45) is 5.73. The van der Waals surface area contributed by atoms with Gasteiger partial charge in [-0.3, -0.25) is 0 Å². The molecule has 3 nitrogen and oxygen atoms in total. The fourth-order valence-corrected chi connectivity index (χ4v) is 2.16. The van der Waals surface area contributed by atoms with E-state index < -0.39 is 0 Å². The Morgan fingerprint density at radius 3 is 2.87 bits per heavy atom. The van der Waals surface area contributed by atoms with Crippen molar-refractivity contribution in [3.05, 3.63) is 17.7 Å².